The Morgan fingerprint density at radius 2 is 1.49 bits per heavy atom. The quantitative estimate of drug-likeness (QED) is 0.0244. The summed E-state index contributed by atoms with van der Waals surface area (Å²) in [5.41, 5.74) is 1.46. The van der Waals surface area contributed by atoms with E-state index in [9.17, 15) is 13.8 Å². The molecule has 0 aliphatic rings. The topological polar surface area (TPSA) is 168 Å². The number of carbonyl (C=O) groups is 2. The Labute approximate surface area is 262 Å². The fourth-order valence-electron chi connectivity index (χ4n) is 1.64. The van der Waals surface area contributed by atoms with Gasteiger partial charge in [0.15, 0.2) is 0 Å². The summed E-state index contributed by atoms with van der Waals surface area (Å²) < 4.78 is 16.8. The summed E-state index contributed by atoms with van der Waals surface area (Å²) in [5, 5.41) is 25.9. The van der Waals surface area contributed by atoms with Crippen LogP contribution in [-0.4, -0.2) is 113 Å². The second kappa shape index (κ2) is 32.9. The van der Waals surface area contributed by atoms with Crippen LogP contribution in [0.2, 0.25) is 0 Å². The van der Waals surface area contributed by atoms with Gasteiger partial charge in [-0.05, 0) is 6.42 Å². The Hall–Kier alpha value is 0.360. The molecular formula is C19H36N4O8S8. The Balaban J connectivity index is 3.42. The molecule has 0 heterocycles. The van der Waals surface area contributed by atoms with Crippen LogP contribution in [0.15, 0.2) is 9.98 Å². The molecule has 39 heavy (non-hydrogen) atoms. The number of ether oxygens (including phenoxy) is 1. The lowest BCUT2D eigenvalue weighted by molar-refractivity contribution is -0.217. The van der Waals surface area contributed by atoms with Gasteiger partial charge in [-0.15, -0.1) is 70.6 Å². The molecule has 0 saturated carbocycles. The second-order valence-electron chi connectivity index (χ2n) is 6.31. The fraction of sp³-hybridized carbons (Fsp3) is 0.789. The first kappa shape index (κ1) is 39.4. The monoisotopic (exact) mass is 704 g/mol. The lowest BCUT2D eigenvalue weighted by atomic mass is 10.5. The molecule has 228 valence electrons. The van der Waals surface area contributed by atoms with Crippen molar-refractivity contribution in [2.75, 3.05) is 75.4 Å². The number of aliphatic hydroxyl groups excluding tert-OH is 2. The van der Waals surface area contributed by atoms with Crippen molar-refractivity contribution >= 4 is 116 Å². The lowest BCUT2D eigenvalue weighted by Crippen LogP contribution is -2.24. The van der Waals surface area contributed by atoms with Crippen molar-refractivity contribution in [1.29, 1.82) is 0 Å². The van der Waals surface area contributed by atoms with Crippen LogP contribution < -0.4 is 10.6 Å². The molecule has 0 aromatic rings. The highest BCUT2D eigenvalue weighted by Gasteiger charge is 2.03. The lowest BCUT2D eigenvalue weighted by Gasteiger charge is -2.05. The molecule has 0 aliphatic carbocycles. The van der Waals surface area contributed by atoms with Crippen LogP contribution in [0.1, 0.15) is 12.8 Å². The second-order valence-corrected chi connectivity index (χ2v) is 16.2. The molecule has 0 radical (unpaired) electrons. The summed E-state index contributed by atoms with van der Waals surface area (Å²) >= 11 is 10.6. The molecule has 0 fully saturated rings. The zero-order valence-corrected chi connectivity index (χ0v) is 27.8. The van der Waals surface area contributed by atoms with Gasteiger partial charge >= 0.3 is 6.09 Å². The molecule has 4 N–H and O–H groups in total. The molecule has 2 amide bonds. The van der Waals surface area contributed by atoms with Crippen LogP contribution in [0.25, 0.3) is 0 Å². The van der Waals surface area contributed by atoms with E-state index in [1.165, 1.54) is 47.2 Å². The van der Waals surface area contributed by atoms with Gasteiger partial charge in [0, 0.05) is 40.0 Å². The minimum Gasteiger partial charge on any atom is -0.449 e. The smallest absolute Gasteiger partial charge is 0.407 e. The molecule has 0 rings (SSSR count). The standard InChI is InChI=1S/C19H36N4O8S8/c24-3-1-5-29-18(26)22-10-34-14-33-9-21-12-39(28)17-37-15-36-16-38-19(27)23-11-35-13-32-8-20-7-31-30-6-2-4-25/h7,12,24-25H,1-6,8-11,13-17H2,(H,22,26)(H,23,27)/b20-7?,21-12-. The SMILES string of the molecule is O=C(NCSCSC/N=C\S(=O)CSCSCSC(=O)NCSCSCN=COOCCCO)OCCCO. The maximum absolute atomic E-state index is 11.9. The maximum atomic E-state index is 11.9. The predicted octanol–water partition coefficient (Wildman–Crippen LogP) is 3.69. The van der Waals surface area contributed by atoms with Gasteiger partial charge in [-0.2, -0.15) is 4.89 Å². The van der Waals surface area contributed by atoms with Gasteiger partial charge in [0.25, 0.3) is 5.24 Å². The molecule has 12 nitrogen and oxygen atoms in total. The molecule has 20 heteroatoms. The van der Waals surface area contributed by atoms with Crippen LogP contribution in [0.5, 0.6) is 0 Å². The van der Waals surface area contributed by atoms with Crippen molar-refractivity contribution in [2.45, 2.75) is 12.8 Å². The normalized spacial score (nSPS) is 12.2. The molecule has 0 aromatic heterocycles. The fourth-order valence-corrected chi connectivity index (χ4v) is 9.15. The van der Waals surface area contributed by atoms with Crippen molar-refractivity contribution in [2.24, 2.45) is 9.98 Å². The zero-order chi connectivity index (χ0) is 28.7. The van der Waals surface area contributed by atoms with Gasteiger partial charge < -0.3 is 30.5 Å². The number of rotatable bonds is 27. The van der Waals surface area contributed by atoms with Crippen LogP contribution >= 0.6 is 82.3 Å². The first-order valence-electron chi connectivity index (χ1n) is 11.2. The number of hydrogen-bond donors (Lipinski definition) is 4. The number of alkyl carbamates (subject to hydrolysis) is 1. The van der Waals surface area contributed by atoms with Crippen molar-refractivity contribution in [3.05, 3.63) is 0 Å². The summed E-state index contributed by atoms with van der Waals surface area (Å²) in [6, 6.07) is 0. The van der Waals surface area contributed by atoms with E-state index in [1.54, 1.807) is 47.0 Å². The van der Waals surface area contributed by atoms with Crippen LogP contribution in [-0.2, 0) is 25.3 Å². The van der Waals surface area contributed by atoms with Gasteiger partial charge in [0.1, 0.15) is 0 Å². The Kier molecular flexibility index (Phi) is 33.2. The van der Waals surface area contributed by atoms with E-state index in [-0.39, 0.29) is 25.1 Å². The van der Waals surface area contributed by atoms with Crippen LogP contribution in [0, 0.1) is 0 Å². The molecule has 0 bridgehead atoms. The van der Waals surface area contributed by atoms with E-state index >= 15 is 0 Å². The number of aliphatic hydroxyl groups is 2. The summed E-state index contributed by atoms with van der Waals surface area (Å²) in [5.74, 6) is 1.96. The summed E-state index contributed by atoms with van der Waals surface area (Å²) in [7, 11) is -1.14. The molecule has 0 saturated heterocycles. The summed E-state index contributed by atoms with van der Waals surface area (Å²) in [6.45, 7) is 0.555. The van der Waals surface area contributed by atoms with E-state index in [0.717, 1.165) is 15.3 Å². The molecule has 1 atom stereocenters. The van der Waals surface area contributed by atoms with Gasteiger partial charge in [-0.25, -0.2) is 9.79 Å². The Morgan fingerprint density at radius 1 is 0.821 bits per heavy atom. The van der Waals surface area contributed by atoms with Gasteiger partial charge in [-0.1, -0.05) is 11.8 Å². The molecular weight excluding hydrogens is 669 g/mol. The number of hydrogen-bond acceptors (Lipinski definition) is 17. The van der Waals surface area contributed by atoms with Crippen LogP contribution in [0.4, 0.5) is 9.59 Å². The predicted molar refractivity (Wildman–Crippen MR) is 176 cm³/mol. The maximum Gasteiger partial charge on any atom is 0.407 e. The van der Waals surface area contributed by atoms with Gasteiger partial charge in [0.2, 0.25) is 6.40 Å². The molecule has 1 unspecified atom stereocenters. The third-order valence-corrected chi connectivity index (χ3v) is 12.1. The number of thioether (sulfide) groups is 7. The first-order valence-corrected chi connectivity index (χ1v) is 20.5. The highest BCUT2D eigenvalue weighted by molar-refractivity contribution is 8.28. The Morgan fingerprint density at radius 3 is 2.23 bits per heavy atom. The van der Waals surface area contributed by atoms with Gasteiger partial charge in [-0.3, -0.25) is 14.0 Å². The van der Waals surface area contributed by atoms with E-state index < -0.39 is 16.9 Å². The number of nitrogens with zero attached hydrogens (tertiary/aromatic N) is 2. The molecule has 0 aromatic carbocycles. The first-order chi connectivity index (χ1) is 19.1. The van der Waals surface area contributed by atoms with Crippen molar-refractivity contribution in [3.63, 3.8) is 0 Å². The van der Waals surface area contributed by atoms with E-state index in [2.05, 4.69) is 20.6 Å². The van der Waals surface area contributed by atoms with Gasteiger partial charge in [0.05, 0.1) is 58.2 Å². The summed E-state index contributed by atoms with van der Waals surface area (Å²) in [4.78, 5) is 40.7. The number of nitrogens with one attached hydrogen (secondary N) is 2. The number of amides is 2. The minimum absolute atomic E-state index is 0.0107. The highest BCUT2D eigenvalue weighted by atomic mass is 32.3. The average Bonchev–Trinajstić information content (AvgIpc) is 2.92. The minimum atomic E-state index is -1.14. The van der Waals surface area contributed by atoms with Crippen molar-refractivity contribution < 1.29 is 38.5 Å². The average molecular weight is 705 g/mol. The van der Waals surface area contributed by atoms with E-state index in [1.807, 2.05) is 0 Å². The third-order valence-electron chi connectivity index (χ3n) is 3.24. The van der Waals surface area contributed by atoms with Crippen molar-refractivity contribution in [1.82, 2.24) is 10.6 Å². The highest BCUT2D eigenvalue weighted by Crippen LogP contribution is 2.19. The van der Waals surface area contributed by atoms with Crippen molar-refractivity contribution in [3.8, 4) is 0 Å². The van der Waals surface area contributed by atoms with E-state index in [4.69, 9.17) is 24.7 Å². The number of carbonyl (C=O) groups excluding carboxylic acids is 2. The zero-order valence-electron chi connectivity index (χ0n) is 21.3. The largest absolute Gasteiger partial charge is 0.449 e. The number of aliphatic imine (C=N–C) groups is 2. The molecule has 0 spiro atoms. The Bertz CT molecular complexity index is 685. The third kappa shape index (κ3) is 32.7. The molecule has 0 aliphatic heterocycles. The summed E-state index contributed by atoms with van der Waals surface area (Å²) in [6.07, 6.45) is 1.66. The van der Waals surface area contributed by atoms with E-state index in [0.29, 0.717) is 53.1 Å². The van der Waals surface area contributed by atoms with Crippen LogP contribution in [0.3, 0.4) is 0 Å².